The smallest absolute Gasteiger partial charge is 0.240 e. The van der Waals surface area contributed by atoms with Crippen molar-refractivity contribution in [3.63, 3.8) is 0 Å². The Labute approximate surface area is 177 Å². The van der Waals surface area contributed by atoms with Crippen molar-refractivity contribution in [1.82, 2.24) is 9.88 Å². The second-order valence-corrected chi connectivity index (χ2v) is 9.54. The van der Waals surface area contributed by atoms with Crippen LogP contribution in [0.25, 0.3) is 22.0 Å². The molecule has 5 heteroatoms. The van der Waals surface area contributed by atoms with E-state index in [1.54, 1.807) is 11.3 Å². The predicted octanol–water partition coefficient (Wildman–Crippen LogP) is 5.64. The van der Waals surface area contributed by atoms with Crippen LogP contribution in [-0.2, 0) is 4.79 Å². The van der Waals surface area contributed by atoms with Crippen LogP contribution < -0.4 is 5.73 Å². The van der Waals surface area contributed by atoms with E-state index in [9.17, 15) is 4.79 Å². The molecule has 0 aliphatic heterocycles. The monoisotopic (exact) mass is 409 g/mol. The van der Waals surface area contributed by atoms with Crippen molar-refractivity contribution in [3.8, 4) is 11.3 Å². The zero-order valence-electron chi connectivity index (χ0n) is 18.0. The van der Waals surface area contributed by atoms with Crippen LogP contribution >= 0.6 is 11.3 Å². The maximum atomic E-state index is 13.1. The highest BCUT2D eigenvalue weighted by Crippen LogP contribution is 2.33. The number of carbonyl (C=O) groups is 1. The molecule has 0 aliphatic rings. The summed E-state index contributed by atoms with van der Waals surface area (Å²) in [5.41, 5.74) is 8.09. The lowest BCUT2D eigenvalue weighted by Crippen LogP contribution is -2.51. The zero-order valence-corrected chi connectivity index (χ0v) is 18.8. The minimum absolute atomic E-state index is 0.00578. The van der Waals surface area contributed by atoms with E-state index in [-0.39, 0.29) is 17.4 Å². The Hall–Kier alpha value is -2.24. The molecule has 3 rings (SSSR count). The fourth-order valence-electron chi connectivity index (χ4n) is 3.47. The summed E-state index contributed by atoms with van der Waals surface area (Å²) in [5.74, 6) is -0.00578. The van der Waals surface area contributed by atoms with E-state index < -0.39 is 6.04 Å². The van der Waals surface area contributed by atoms with Crippen molar-refractivity contribution in [2.24, 2.45) is 11.1 Å². The Morgan fingerprint density at radius 1 is 1.17 bits per heavy atom. The van der Waals surface area contributed by atoms with Crippen molar-refractivity contribution in [1.29, 1.82) is 0 Å². The molecule has 29 heavy (non-hydrogen) atoms. The maximum absolute atomic E-state index is 13.1. The first-order valence-corrected chi connectivity index (χ1v) is 11.1. The van der Waals surface area contributed by atoms with Gasteiger partial charge in [0.2, 0.25) is 5.91 Å². The van der Waals surface area contributed by atoms with Crippen LogP contribution in [0.1, 0.15) is 52.1 Å². The summed E-state index contributed by atoms with van der Waals surface area (Å²) >= 11 is 1.61. The van der Waals surface area contributed by atoms with Gasteiger partial charge in [0.15, 0.2) is 0 Å². The molecule has 3 aromatic rings. The molecular formula is C24H31N3OS. The molecule has 0 saturated carbocycles. The Morgan fingerprint density at radius 2 is 1.86 bits per heavy atom. The molecule has 4 nitrogen and oxygen atoms in total. The average molecular weight is 410 g/mol. The minimum atomic E-state index is -0.533. The van der Waals surface area contributed by atoms with Crippen LogP contribution in [0.15, 0.2) is 47.8 Å². The second kappa shape index (κ2) is 8.64. The van der Waals surface area contributed by atoms with Gasteiger partial charge in [-0.2, -0.15) is 0 Å². The average Bonchev–Trinajstić information content (AvgIpc) is 3.19. The summed E-state index contributed by atoms with van der Waals surface area (Å²) < 4.78 is 0. The molecular weight excluding hydrogens is 378 g/mol. The first-order chi connectivity index (χ1) is 13.7. The van der Waals surface area contributed by atoms with Crippen LogP contribution in [0.2, 0.25) is 0 Å². The number of nitrogens with zero attached hydrogens (tertiary/aromatic N) is 2. The summed E-state index contributed by atoms with van der Waals surface area (Å²) in [6, 6.07) is 14.0. The van der Waals surface area contributed by atoms with Crippen molar-refractivity contribution < 1.29 is 4.79 Å². The molecule has 2 unspecified atom stereocenters. The summed E-state index contributed by atoms with van der Waals surface area (Å²) in [6.07, 6.45) is 0.883. The van der Waals surface area contributed by atoms with Crippen LogP contribution in [0.4, 0.5) is 0 Å². The number of rotatable bonds is 6. The number of nitrogens with two attached hydrogens (primary N) is 1. The normalized spacial score (nSPS) is 14.0. The number of benzene rings is 2. The number of carbonyl (C=O) groups excluding carboxylic acids is 1. The van der Waals surface area contributed by atoms with Gasteiger partial charge in [0.25, 0.3) is 0 Å². The third-order valence-electron chi connectivity index (χ3n) is 5.36. The lowest BCUT2D eigenvalue weighted by molar-refractivity contribution is -0.137. The number of aromatic nitrogens is 1. The molecule has 1 heterocycles. The van der Waals surface area contributed by atoms with Crippen molar-refractivity contribution >= 4 is 28.0 Å². The summed E-state index contributed by atoms with van der Waals surface area (Å²) in [7, 11) is 0. The van der Waals surface area contributed by atoms with Crippen LogP contribution in [0, 0.1) is 5.41 Å². The van der Waals surface area contributed by atoms with E-state index in [4.69, 9.17) is 10.7 Å². The van der Waals surface area contributed by atoms with Gasteiger partial charge in [-0.05, 0) is 29.5 Å². The molecule has 0 fully saturated rings. The predicted molar refractivity (Wildman–Crippen MR) is 123 cm³/mol. The van der Waals surface area contributed by atoms with Gasteiger partial charge in [-0.25, -0.2) is 4.98 Å². The third kappa shape index (κ3) is 4.51. The summed E-state index contributed by atoms with van der Waals surface area (Å²) in [6.45, 7) is 10.8. The molecule has 0 radical (unpaired) electrons. The number of hydrogen-bond acceptors (Lipinski definition) is 4. The molecule has 0 aliphatic carbocycles. The van der Waals surface area contributed by atoms with Gasteiger partial charge in [0.1, 0.15) is 5.01 Å². The van der Waals surface area contributed by atoms with E-state index >= 15 is 0 Å². The van der Waals surface area contributed by atoms with Gasteiger partial charge >= 0.3 is 0 Å². The molecule has 2 atom stereocenters. The van der Waals surface area contributed by atoms with Crippen molar-refractivity contribution in [2.45, 2.75) is 53.1 Å². The number of amides is 1. The standard InChI is InChI=1S/C24H31N3OS/c1-6-14-27(23(28)21(25)24(3,4)5)16(2)22-26-20(15-29-22)19-13-9-11-17-10-7-8-12-18(17)19/h7-13,15-16,21H,6,14,25H2,1-5H3. The summed E-state index contributed by atoms with van der Waals surface area (Å²) in [5, 5.41) is 5.42. The highest BCUT2D eigenvalue weighted by molar-refractivity contribution is 7.10. The number of thiazole rings is 1. The largest absolute Gasteiger partial charge is 0.332 e. The molecule has 154 valence electrons. The first-order valence-electron chi connectivity index (χ1n) is 10.2. The fraction of sp³-hybridized carbons (Fsp3) is 0.417. The number of hydrogen-bond donors (Lipinski definition) is 1. The van der Waals surface area contributed by atoms with Gasteiger partial charge in [0.05, 0.1) is 17.8 Å². The van der Waals surface area contributed by atoms with Crippen LogP contribution in [-0.4, -0.2) is 28.4 Å². The molecule has 1 amide bonds. The Balaban J connectivity index is 1.92. The van der Waals surface area contributed by atoms with Gasteiger partial charge in [-0.15, -0.1) is 11.3 Å². The first kappa shape index (κ1) is 21.5. The van der Waals surface area contributed by atoms with Gasteiger partial charge in [-0.3, -0.25) is 4.79 Å². The van der Waals surface area contributed by atoms with E-state index in [1.165, 1.54) is 10.8 Å². The SMILES string of the molecule is CCCN(C(=O)C(N)C(C)(C)C)C(C)c1nc(-c2cccc3ccccc23)cs1. The van der Waals surface area contributed by atoms with E-state index in [0.29, 0.717) is 6.54 Å². The molecule has 2 aromatic carbocycles. The van der Waals surface area contributed by atoms with E-state index in [1.807, 2.05) is 31.7 Å². The third-order valence-corrected chi connectivity index (χ3v) is 6.37. The highest BCUT2D eigenvalue weighted by atomic mass is 32.1. The highest BCUT2D eigenvalue weighted by Gasteiger charge is 2.33. The van der Waals surface area contributed by atoms with Crippen LogP contribution in [0.5, 0.6) is 0 Å². The van der Waals surface area contributed by atoms with Gasteiger partial charge in [-0.1, -0.05) is 70.2 Å². The molecule has 0 spiro atoms. The van der Waals surface area contributed by atoms with Gasteiger partial charge < -0.3 is 10.6 Å². The summed E-state index contributed by atoms with van der Waals surface area (Å²) in [4.78, 5) is 19.9. The number of fused-ring (bicyclic) bond motifs is 1. The topological polar surface area (TPSA) is 59.2 Å². The fourth-order valence-corrected chi connectivity index (χ4v) is 4.36. The van der Waals surface area contributed by atoms with Gasteiger partial charge in [0, 0.05) is 17.5 Å². The lowest BCUT2D eigenvalue weighted by Gasteiger charge is -2.34. The maximum Gasteiger partial charge on any atom is 0.240 e. The Morgan fingerprint density at radius 3 is 2.55 bits per heavy atom. The zero-order chi connectivity index (χ0) is 21.2. The molecule has 1 aromatic heterocycles. The molecule has 0 saturated heterocycles. The Kier molecular flexibility index (Phi) is 6.39. The Bertz CT molecular complexity index is 984. The lowest BCUT2D eigenvalue weighted by atomic mass is 9.86. The van der Waals surface area contributed by atoms with E-state index in [0.717, 1.165) is 22.7 Å². The minimum Gasteiger partial charge on any atom is -0.332 e. The second-order valence-electron chi connectivity index (χ2n) is 8.65. The van der Waals surface area contributed by atoms with Crippen LogP contribution in [0.3, 0.4) is 0 Å². The van der Waals surface area contributed by atoms with Crippen molar-refractivity contribution in [3.05, 3.63) is 52.9 Å². The van der Waals surface area contributed by atoms with Crippen molar-refractivity contribution in [2.75, 3.05) is 6.54 Å². The quantitative estimate of drug-likeness (QED) is 0.573. The molecule has 0 bridgehead atoms. The van der Waals surface area contributed by atoms with E-state index in [2.05, 4.69) is 55.6 Å². The molecule has 2 N–H and O–H groups in total.